The third-order valence-electron chi connectivity index (χ3n) is 2.10. The van der Waals surface area contributed by atoms with Crippen LogP contribution in [0, 0.1) is 6.92 Å². The van der Waals surface area contributed by atoms with E-state index in [4.69, 9.17) is 5.11 Å². The Hall–Kier alpha value is -1.91. The maximum Gasteiger partial charge on any atom is 0.303 e. The van der Waals surface area contributed by atoms with E-state index in [9.17, 15) is 9.59 Å². The summed E-state index contributed by atoms with van der Waals surface area (Å²) in [4.78, 5) is 25.9. The molecule has 2 N–H and O–H groups in total. The zero-order chi connectivity index (χ0) is 12.0. The van der Waals surface area contributed by atoms with Crippen LogP contribution in [0.4, 0.5) is 0 Å². The van der Waals surface area contributed by atoms with Crippen molar-refractivity contribution in [2.24, 2.45) is 0 Å². The molecule has 1 heterocycles. The lowest BCUT2D eigenvalue weighted by atomic mass is 10.2. The van der Waals surface area contributed by atoms with Gasteiger partial charge in [0, 0.05) is 24.9 Å². The number of nitrogens with one attached hydrogen (secondary N) is 1. The number of aryl methyl sites for hydroxylation is 1. The Morgan fingerprint density at radius 3 is 2.88 bits per heavy atom. The number of nitrogens with zero attached hydrogens (tertiary/aromatic N) is 1. The van der Waals surface area contributed by atoms with Gasteiger partial charge in [0.05, 0.1) is 5.56 Å². The Morgan fingerprint density at radius 2 is 2.25 bits per heavy atom. The van der Waals surface area contributed by atoms with Crippen LogP contribution in [0.2, 0.25) is 0 Å². The fourth-order valence-electron chi connectivity index (χ4n) is 1.26. The molecule has 0 unspecified atom stereocenters. The Kier molecular flexibility index (Phi) is 4.44. The highest BCUT2D eigenvalue weighted by Gasteiger charge is 2.08. The molecule has 0 aliphatic heterocycles. The molecule has 1 amide bonds. The molecule has 16 heavy (non-hydrogen) atoms. The van der Waals surface area contributed by atoms with Crippen molar-refractivity contribution < 1.29 is 14.7 Å². The van der Waals surface area contributed by atoms with E-state index >= 15 is 0 Å². The molecule has 0 aliphatic rings. The number of carboxylic acids is 1. The lowest BCUT2D eigenvalue weighted by molar-refractivity contribution is -0.137. The first kappa shape index (κ1) is 12.2. The average Bonchev–Trinajstić information content (AvgIpc) is 2.24. The summed E-state index contributed by atoms with van der Waals surface area (Å²) in [5.74, 6) is -1.07. The Labute approximate surface area is 93.5 Å². The number of hydrogen-bond donors (Lipinski definition) is 2. The first-order chi connectivity index (χ1) is 7.61. The van der Waals surface area contributed by atoms with Gasteiger partial charge in [0.1, 0.15) is 0 Å². The number of aromatic nitrogens is 1. The molecule has 5 heteroatoms. The summed E-state index contributed by atoms with van der Waals surface area (Å²) < 4.78 is 0. The summed E-state index contributed by atoms with van der Waals surface area (Å²) >= 11 is 0. The van der Waals surface area contributed by atoms with Crippen LogP contribution >= 0.6 is 0 Å². The average molecular weight is 222 g/mol. The van der Waals surface area contributed by atoms with Crippen LogP contribution < -0.4 is 5.32 Å². The third kappa shape index (κ3) is 3.68. The van der Waals surface area contributed by atoms with E-state index in [0.29, 0.717) is 24.2 Å². The molecule has 1 aromatic heterocycles. The molecule has 0 saturated heterocycles. The van der Waals surface area contributed by atoms with Crippen molar-refractivity contribution in [3.05, 3.63) is 29.6 Å². The molecule has 0 fully saturated rings. The second-order valence-electron chi connectivity index (χ2n) is 3.39. The number of hydrogen-bond acceptors (Lipinski definition) is 3. The fourth-order valence-corrected chi connectivity index (χ4v) is 1.26. The van der Waals surface area contributed by atoms with Gasteiger partial charge in [-0.25, -0.2) is 0 Å². The molecule has 0 aromatic carbocycles. The van der Waals surface area contributed by atoms with Crippen molar-refractivity contribution in [1.29, 1.82) is 0 Å². The zero-order valence-corrected chi connectivity index (χ0v) is 9.06. The van der Waals surface area contributed by atoms with E-state index in [-0.39, 0.29) is 12.3 Å². The standard InChI is InChI=1S/C11H14N2O3/c1-8-9(4-2-6-12-8)11(16)13-7-3-5-10(14)15/h2,4,6H,3,5,7H2,1H3,(H,13,16)(H,14,15). The topological polar surface area (TPSA) is 79.3 Å². The summed E-state index contributed by atoms with van der Waals surface area (Å²) in [5.41, 5.74) is 1.19. The smallest absolute Gasteiger partial charge is 0.303 e. The molecule has 0 bridgehead atoms. The maximum absolute atomic E-state index is 11.6. The van der Waals surface area contributed by atoms with Gasteiger partial charge < -0.3 is 10.4 Å². The molecule has 5 nitrogen and oxygen atoms in total. The highest BCUT2D eigenvalue weighted by atomic mass is 16.4. The lowest BCUT2D eigenvalue weighted by Gasteiger charge is -2.05. The minimum absolute atomic E-state index is 0.0618. The van der Waals surface area contributed by atoms with Gasteiger partial charge in [-0.1, -0.05) is 0 Å². The monoisotopic (exact) mass is 222 g/mol. The van der Waals surface area contributed by atoms with Gasteiger partial charge >= 0.3 is 5.97 Å². The second-order valence-corrected chi connectivity index (χ2v) is 3.39. The predicted octanol–water partition coefficient (Wildman–Crippen LogP) is 0.985. The second kappa shape index (κ2) is 5.85. The largest absolute Gasteiger partial charge is 0.481 e. The third-order valence-corrected chi connectivity index (χ3v) is 2.10. The van der Waals surface area contributed by atoms with Gasteiger partial charge in [0.25, 0.3) is 5.91 Å². The SMILES string of the molecule is Cc1ncccc1C(=O)NCCCC(=O)O. The van der Waals surface area contributed by atoms with Gasteiger partial charge in [0.15, 0.2) is 0 Å². The van der Waals surface area contributed by atoms with Gasteiger partial charge in [-0.2, -0.15) is 0 Å². The molecule has 1 rings (SSSR count). The lowest BCUT2D eigenvalue weighted by Crippen LogP contribution is -2.25. The summed E-state index contributed by atoms with van der Waals surface area (Å²) in [7, 11) is 0. The molecule has 0 radical (unpaired) electrons. The molecular formula is C11H14N2O3. The summed E-state index contributed by atoms with van der Waals surface area (Å²) in [6, 6.07) is 3.38. The van der Waals surface area contributed by atoms with Crippen LogP contribution in [0.1, 0.15) is 28.9 Å². The molecule has 0 aliphatic carbocycles. The molecule has 0 saturated carbocycles. The van der Waals surface area contributed by atoms with E-state index in [1.807, 2.05) is 0 Å². The van der Waals surface area contributed by atoms with Crippen LogP contribution in [0.15, 0.2) is 18.3 Å². The van der Waals surface area contributed by atoms with Crippen LogP contribution in [0.5, 0.6) is 0 Å². The molecule has 0 atom stereocenters. The van der Waals surface area contributed by atoms with E-state index in [2.05, 4.69) is 10.3 Å². The van der Waals surface area contributed by atoms with Gasteiger partial charge in [0.2, 0.25) is 0 Å². The molecule has 86 valence electrons. The Balaban J connectivity index is 2.41. The minimum atomic E-state index is -0.855. The fraction of sp³-hybridized carbons (Fsp3) is 0.364. The van der Waals surface area contributed by atoms with Gasteiger partial charge in [-0.05, 0) is 25.5 Å². The Morgan fingerprint density at radius 1 is 1.50 bits per heavy atom. The van der Waals surface area contributed by atoms with E-state index < -0.39 is 5.97 Å². The van der Waals surface area contributed by atoms with E-state index in [0.717, 1.165) is 0 Å². The first-order valence-corrected chi connectivity index (χ1v) is 5.03. The number of pyridine rings is 1. The van der Waals surface area contributed by atoms with Crippen molar-refractivity contribution in [3.8, 4) is 0 Å². The minimum Gasteiger partial charge on any atom is -0.481 e. The van der Waals surface area contributed by atoms with Gasteiger partial charge in [-0.3, -0.25) is 14.6 Å². The maximum atomic E-state index is 11.6. The Bertz CT molecular complexity index is 391. The number of rotatable bonds is 5. The molecule has 1 aromatic rings. The zero-order valence-electron chi connectivity index (χ0n) is 9.06. The molecule has 0 spiro atoms. The number of aliphatic carboxylic acids is 1. The van der Waals surface area contributed by atoms with Crippen molar-refractivity contribution in [2.75, 3.05) is 6.54 Å². The van der Waals surface area contributed by atoms with Crippen LogP contribution in [0.25, 0.3) is 0 Å². The van der Waals surface area contributed by atoms with Crippen LogP contribution in [0.3, 0.4) is 0 Å². The van der Waals surface area contributed by atoms with Crippen molar-refractivity contribution in [1.82, 2.24) is 10.3 Å². The number of carbonyl (C=O) groups excluding carboxylic acids is 1. The molecular weight excluding hydrogens is 208 g/mol. The van der Waals surface area contributed by atoms with Crippen molar-refractivity contribution in [2.45, 2.75) is 19.8 Å². The van der Waals surface area contributed by atoms with Crippen molar-refractivity contribution >= 4 is 11.9 Å². The van der Waals surface area contributed by atoms with Crippen LogP contribution in [-0.4, -0.2) is 28.5 Å². The summed E-state index contributed by atoms with van der Waals surface area (Å²) in [5, 5.41) is 11.1. The number of carboxylic acid groups (broad SMARTS) is 1. The van der Waals surface area contributed by atoms with E-state index in [1.54, 1.807) is 25.3 Å². The summed E-state index contributed by atoms with van der Waals surface area (Å²) in [6.45, 7) is 2.12. The highest BCUT2D eigenvalue weighted by molar-refractivity contribution is 5.95. The number of carbonyl (C=O) groups is 2. The predicted molar refractivity (Wildman–Crippen MR) is 58.2 cm³/mol. The van der Waals surface area contributed by atoms with Gasteiger partial charge in [-0.15, -0.1) is 0 Å². The van der Waals surface area contributed by atoms with Crippen LogP contribution in [-0.2, 0) is 4.79 Å². The first-order valence-electron chi connectivity index (χ1n) is 5.03. The highest BCUT2D eigenvalue weighted by Crippen LogP contribution is 2.02. The van der Waals surface area contributed by atoms with Crippen molar-refractivity contribution in [3.63, 3.8) is 0 Å². The quantitative estimate of drug-likeness (QED) is 0.728. The summed E-state index contributed by atoms with van der Waals surface area (Å²) in [6.07, 6.45) is 2.11. The van der Waals surface area contributed by atoms with E-state index in [1.165, 1.54) is 0 Å². The number of amides is 1. The normalized spacial score (nSPS) is 9.81.